The smallest absolute Gasteiger partial charge is 0.339 e. The van der Waals surface area contributed by atoms with Gasteiger partial charge in [-0.15, -0.1) is 0 Å². The van der Waals surface area contributed by atoms with Gasteiger partial charge in [-0.25, -0.2) is 4.79 Å². The van der Waals surface area contributed by atoms with E-state index in [0.717, 1.165) is 42.7 Å². The van der Waals surface area contributed by atoms with E-state index in [4.69, 9.17) is 14.6 Å². The molecule has 2 N–H and O–H groups in total. The monoisotopic (exact) mass is 390 g/mol. The Kier molecular flexibility index (Phi) is 5.38. The van der Waals surface area contributed by atoms with Crippen LogP contribution in [0.4, 0.5) is 0 Å². The van der Waals surface area contributed by atoms with Gasteiger partial charge in [-0.05, 0) is 72.2 Å². The zero-order chi connectivity index (χ0) is 20.2. The lowest BCUT2D eigenvalue weighted by molar-refractivity contribution is 0.0693. The number of benzene rings is 3. The zero-order valence-corrected chi connectivity index (χ0v) is 15.9. The summed E-state index contributed by atoms with van der Waals surface area (Å²) >= 11 is 0. The third-order valence-electron chi connectivity index (χ3n) is 5.13. The molecule has 3 aromatic carbocycles. The van der Waals surface area contributed by atoms with Crippen molar-refractivity contribution in [2.75, 3.05) is 6.79 Å². The van der Waals surface area contributed by atoms with Crippen molar-refractivity contribution >= 4 is 5.97 Å². The van der Waals surface area contributed by atoms with Gasteiger partial charge in [-0.3, -0.25) is 0 Å². The van der Waals surface area contributed by atoms with Crippen LogP contribution in [0, 0.1) is 0 Å². The Hall–Kier alpha value is -3.47. The van der Waals surface area contributed by atoms with Crippen LogP contribution in [-0.4, -0.2) is 23.0 Å². The van der Waals surface area contributed by atoms with E-state index in [1.54, 1.807) is 6.07 Å². The van der Waals surface area contributed by atoms with E-state index < -0.39 is 5.97 Å². The number of carboxylic acids is 1. The summed E-state index contributed by atoms with van der Waals surface area (Å²) in [6, 6.07) is 19.3. The van der Waals surface area contributed by atoms with Crippen LogP contribution in [0.3, 0.4) is 0 Å². The van der Waals surface area contributed by atoms with Crippen LogP contribution in [-0.2, 0) is 25.7 Å². The van der Waals surface area contributed by atoms with Gasteiger partial charge < -0.3 is 19.7 Å². The number of hydrogen-bond acceptors (Lipinski definition) is 4. The Morgan fingerprint density at radius 1 is 0.759 bits per heavy atom. The van der Waals surface area contributed by atoms with E-state index in [2.05, 4.69) is 30.3 Å². The third kappa shape index (κ3) is 4.51. The Balaban J connectivity index is 1.36. The molecule has 0 unspecified atom stereocenters. The minimum atomic E-state index is -1.12. The minimum absolute atomic E-state index is 0.0701. The summed E-state index contributed by atoms with van der Waals surface area (Å²) in [7, 11) is 0. The molecule has 0 saturated carbocycles. The first-order chi connectivity index (χ1) is 14.1. The molecule has 0 spiro atoms. The lowest BCUT2D eigenvalue weighted by Gasteiger charge is -2.08. The molecular formula is C24H22O5. The SMILES string of the molecule is O=C(O)c1ccc(CCc2cccc(CCc3ccc4c(c3)OCO4)c2)cc1O. The number of aryl methyl sites for hydroxylation is 4. The first kappa shape index (κ1) is 18.9. The van der Waals surface area contributed by atoms with Crippen LogP contribution >= 0.6 is 0 Å². The molecule has 3 aromatic rings. The molecule has 29 heavy (non-hydrogen) atoms. The van der Waals surface area contributed by atoms with Crippen molar-refractivity contribution in [2.45, 2.75) is 25.7 Å². The molecule has 0 aliphatic carbocycles. The summed E-state index contributed by atoms with van der Waals surface area (Å²) in [4.78, 5) is 11.0. The van der Waals surface area contributed by atoms with Gasteiger partial charge in [-0.2, -0.15) is 0 Å². The van der Waals surface area contributed by atoms with E-state index in [1.807, 2.05) is 12.1 Å². The number of carbonyl (C=O) groups is 1. The average molecular weight is 390 g/mol. The van der Waals surface area contributed by atoms with Gasteiger partial charge >= 0.3 is 5.97 Å². The van der Waals surface area contributed by atoms with E-state index in [1.165, 1.54) is 28.8 Å². The predicted octanol–water partition coefficient (Wildman–Crippen LogP) is 4.39. The second-order valence-corrected chi connectivity index (χ2v) is 7.16. The highest BCUT2D eigenvalue weighted by molar-refractivity contribution is 5.90. The maximum atomic E-state index is 11.0. The molecule has 0 fully saturated rings. The predicted molar refractivity (Wildman–Crippen MR) is 109 cm³/mol. The maximum absolute atomic E-state index is 11.0. The Bertz CT molecular complexity index is 1040. The standard InChI is InChI=1S/C24H22O5/c25-21-13-18(8-10-20(21)24(26)27)6-4-16-2-1-3-17(12-16)5-7-19-9-11-22-23(14-19)29-15-28-22/h1-3,8-14,25H,4-7,15H2,(H,26,27). The molecule has 0 aromatic heterocycles. The topological polar surface area (TPSA) is 76.0 Å². The Morgan fingerprint density at radius 2 is 1.34 bits per heavy atom. The van der Waals surface area contributed by atoms with Crippen LogP contribution in [0.1, 0.15) is 32.6 Å². The fourth-order valence-corrected chi connectivity index (χ4v) is 3.53. The molecule has 0 radical (unpaired) electrons. The van der Waals surface area contributed by atoms with Crippen LogP contribution in [0.25, 0.3) is 0 Å². The fourth-order valence-electron chi connectivity index (χ4n) is 3.53. The fraction of sp³-hybridized carbons (Fsp3) is 0.208. The van der Waals surface area contributed by atoms with E-state index in [9.17, 15) is 9.90 Å². The lowest BCUT2D eigenvalue weighted by atomic mass is 9.98. The van der Waals surface area contributed by atoms with Gasteiger partial charge in [0.1, 0.15) is 11.3 Å². The summed E-state index contributed by atoms with van der Waals surface area (Å²) < 4.78 is 10.8. The highest BCUT2D eigenvalue weighted by Crippen LogP contribution is 2.32. The van der Waals surface area contributed by atoms with E-state index in [0.29, 0.717) is 0 Å². The van der Waals surface area contributed by atoms with Crippen LogP contribution < -0.4 is 9.47 Å². The van der Waals surface area contributed by atoms with Crippen molar-refractivity contribution < 1.29 is 24.5 Å². The molecule has 0 atom stereocenters. The van der Waals surface area contributed by atoms with Gasteiger partial charge in [0, 0.05) is 0 Å². The van der Waals surface area contributed by atoms with E-state index >= 15 is 0 Å². The van der Waals surface area contributed by atoms with Crippen molar-refractivity contribution in [3.63, 3.8) is 0 Å². The van der Waals surface area contributed by atoms with Crippen LogP contribution in [0.2, 0.25) is 0 Å². The normalized spacial score (nSPS) is 12.1. The average Bonchev–Trinajstić information content (AvgIpc) is 3.19. The Morgan fingerprint density at radius 3 is 2.00 bits per heavy atom. The number of carboxylic acid groups (broad SMARTS) is 1. The maximum Gasteiger partial charge on any atom is 0.339 e. The number of hydrogen-bond donors (Lipinski definition) is 2. The van der Waals surface area contributed by atoms with Gasteiger partial charge in [0.05, 0.1) is 0 Å². The zero-order valence-electron chi connectivity index (χ0n) is 15.9. The van der Waals surface area contributed by atoms with E-state index in [-0.39, 0.29) is 18.1 Å². The quantitative estimate of drug-likeness (QED) is 0.626. The number of phenols is 1. The second-order valence-electron chi connectivity index (χ2n) is 7.16. The van der Waals surface area contributed by atoms with Crippen molar-refractivity contribution in [3.8, 4) is 17.2 Å². The van der Waals surface area contributed by atoms with Crippen molar-refractivity contribution in [3.05, 3.63) is 88.5 Å². The van der Waals surface area contributed by atoms with Gasteiger partial charge in [-0.1, -0.05) is 36.4 Å². The summed E-state index contributed by atoms with van der Waals surface area (Å²) in [6.45, 7) is 0.289. The minimum Gasteiger partial charge on any atom is -0.507 e. The number of fused-ring (bicyclic) bond motifs is 1. The molecule has 1 heterocycles. The first-order valence-electron chi connectivity index (χ1n) is 9.60. The molecule has 4 rings (SSSR count). The number of ether oxygens (including phenoxy) is 2. The Labute approximate surface area is 169 Å². The molecule has 0 saturated heterocycles. The molecule has 148 valence electrons. The molecular weight excluding hydrogens is 368 g/mol. The second kappa shape index (κ2) is 8.27. The third-order valence-corrected chi connectivity index (χ3v) is 5.13. The molecule has 1 aliphatic rings. The largest absolute Gasteiger partial charge is 0.507 e. The molecule has 0 amide bonds. The summed E-state index contributed by atoms with van der Waals surface area (Å²) in [5, 5.41) is 18.8. The molecule has 5 heteroatoms. The summed E-state index contributed by atoms with van der Waals surface area (Å²) in [6.07, 6.45) is 3.41. The highest BCUT2D eigenvalue weighted by atomic mass is 16.7. The van der Waals surface area contributed by atoms with Gasteiger partial charge in [0.2, 0.25) is 6.79 Å². The van der Waals surface area contributed by atoms with Gasteiger partial charge in [0.15, 0.2) is 11.5 Å². The van der Waals surface area contributed by atoms with Crippen LogP contribution in [0.5, 0.6) is 17.2 Å². The van der Waals surface area contributed by atoms with Crippen molar-refractivity contribution in [1.29, 1.82) is 0 Å². The number of rotatable bonds is 7. The highest BCUT2D eigenvalue weighted by Gasteiger charge is 2.13. The first-order valence-corrected chi connectivity index (χ1v) is 9.60. The van der Waals surface area contributed by atoms with Crippen molar-refractivity contribution in [1.82, 2.24) is 0 Å². The van der Waals surface area contributed by atoms with Crippen LogP contribution in [0.15, 0.2) is 60.7 Å². The number of aromatic carboxylic acids is 1. The summed E-state index contributed by atoms with van der Waals surface area (Å²) in [5.74, 6) is 0.309. The molecule has 5 nitrogen and oxygen atoms in total. The lowest BCUT2D eigenvalue weighted by Crippen LogP contribution is -1.99. The molecule has 0 bridgehead atoms. The molecule has 1 aliphatic heterocycles. The summed E-state index contributed by atoms with van der Waals surface area (Å²) in [5.41, 5.74) is 4.55. The van der Waals surface area contributed by atoms with Gasteiger partial charge in [0.25, 0.3) is 0 Å². The van der Waals surface area contributed by atoms with Crippen molar-refractivity contribution in [2.24, 2.45) is 0 Å². The number of aromatic hydroxyl groups is 1.